The number of carbonyl (C=O) groups excluding carboxylic acids is 1. The first-order chi connectivity index (χ1) is 9.90. The van der Waals surface area contributed by atoms with Crippen molar-refractivity contribution >= 4 is 39.7 Å². The SMILES string of the molecule is Cc1sc2[nH]c(=S)n(C3CCC(=O)N(C)C3)c(=O)c2c1C. The molecule has 0 bridgehead atoms. The summed E-state index contributed by atoms with van der Waals surface area (Å²) in [7, 11) is 1.77. The number of H-pyrrole nitrogens is 1. The molecule has 1 atom stereocenters. The van der Waals surface area contributed by atoms with Crippen molar-refractivity contribution in [1.82, 2.24) is 14.5 Å². The van der Waals surface area contributed by atoms with Crippen LogP contribution in [-0.2, 0) is 4.79 Å². The molecule has 0 saturated carbocycles. The molecular weight excluding hydrogens is 306 g/mol. The Labute approximate surface area is 131 Å². The van der Waals surface area contributed by atoms with Gasteiger partial charge in [-0.15, -0.1) is 11.3 Å². The van der Waals surface area contributed by atoms with Crippen molar-refractivity contribution in [3.05, 3.63) is 25.6 Å². The van der Waals surface area contributed by atoms with E-state index in [0.29, 0.717) is 24.2 Å². The average molecular weight is 323 g/mol. The van der Waals surface area contributed by atoms with Crippen molar-refractivity contribution in [1.29, 1.82) is 0 Å². The average Bonchev–Trinajstić information content (AvgIpc) is 2.69. The summed E-state index contributed by atoms with van der Waals surface area (Å²) in [5, 5.41) is 0.727. The van der Waals surface area contributed by atoms with E-state index in [1.165, 1.54) is 0 Å². The number of nitrogens with zero attached hydrogens (tertiary/aromatic N) is 2. The largest absolute Gasteiger partial charge is 0.344 e. The lowest BCUT2D eigenvalue weighted by atomic mass is 10.1. The van der Waals surface area contributed by atoms with Crippen LogP contribution in [0.2, 0.25) is 0 Å². The highest BCUT2D eigenvalue weighted by Gasteiger charge is 2.26. The molecule has 2 aromatic heterocycles. The third-order valence-electron chi connectivity index (χ3n) is 4.22. The minimum Gasteiger partial charge on any atom is -0.344 e. The van der Waals surface area contributed by atoms with Gasteiger partial charge in [-0.2, -0.15) is 0 Å². The van der Waals surface area contributed by atoms with Crippen LogP contribution in [0, 0.1) is 18.6 Å². The summed E-state index contributed by atoms with van der Waals surface area (Å²) < 4.78 is 2.10. The van der Waals surface area contributed by atoms with Crippen molar-refractivity contribution in [2.24, 2.45) is 0 Å². The minimum atomic E-state index is -0.0482. The van der Waals surface area contributed by atoms with Crippen molar-refractivity contribution in [3.63, 3.8) is 0 Å². The van der Waals surface area contributed by atoms with Crippen LogP contribution in [0.15, 0.2) is 4.79 Å². The van der Waals surface area contributed by atoms with Gasteiger partial charge in [0.15, 0.2) is 4.77 Å². The fourth-order valence-electron chi connectivity index (χ4n) is 2.88. The van der Waals surface area contributed by atoms with Gasteiger partial charge in [0.1, 0.15) is 4.83 Å². The van der Waals surface area contributed by atoms with E-state index in [9.17, 15) is 9.59 Å². The number of rotatable bonds is 1. The smallest absolute Gasteiger partial charge is 0.263 e. The normalized spacial score (nSPS) is 19.5. The van der Waals surface area contributed by atoms with E-state index in [-0.39, 0.29) is 17.5 Å². The van der Waals surface area contributed by atoms with Crippen molar-refractivity contribution < 1.29 is 4.79 Å². The van der Waals surface area contributed by atoms with Gasteiger partial charge >= 0.3 is 0 Å². The maximum absolute atomic E-state index is 12.9. The Bertz CT molecular complexity index is 846. The van der Waals surface area contributed by atoms with Gasteiger partial charge in [-0.1, -0.05) is 0 Å². The number of piperidine rings is 1. The zero-order valence-corrected chi connectivity index (χ0v) is 13.9. The minimum absolute atomic E-state index is 0.0386. The molecule has 21 heavy (non-hydrogen) atoms. The number of likely N-dealkylation sites (tertiary alicyclic amines) is 1. The molecule has 1 N–H and O–H groups in total. The third kappa shape index (κ3) is 2.24. The lowest BCUT2D eigenvalue weighted by Crippen LogP contribution is -2.41. The van der Waals surface area contributed by atoms with Gasteiger partial charge in [0.25, 0.3) is 5.56 Å². The van der Waals surface area contributed by atoms with E-state index < -0.39 is 0 Å². The molecule has 5 nitrogen and oxygen atoms in total. The predicted molar refractivity (Wildman–Crippen MR) is 86.7 cm³/mol. The van der Waals surface area contributed by atoms with Crippen LogP contribution in [0.4, 0.5) is 0 Å². The topological polar surface area (TPSA) is 58.1 Å². The zero-order chi connectivity index (χ0) is 15.3. The fraction of sp³-hybridized carbons (Fsp3) is 0.500. The van der Waals surface area contributed by atoms with E-state index in [4.69, 9.17) is 12.2 Å². The zero-order valence-electron chi connectivity index (χ0n) is 12.2. The molecule has 0 spiro atoms. The molecule has 7 heteroatoms. The number of fused-ring (bicyclic) bond motifs is 1. The number of carbonyl (C=O) groups is 1. The standard InChI is InChI=1S/C14H17N3O2S2/c1-7-8(2)21-12-11(7)13(19)17(14(20)15-12)9-4-5-10(18)16(3)6-9/h9H,4-6H2,1-3H3,(H,15,20). The molecule has 112 valence electrons. The van der Waals surface area contributed by atoms with Crippen LogP contribution in [0.3, 0.4) is 0 Å². The molecular formula is C14H17N3O2S2. The summed E-state index contributed by atoms with van der Waals surface area (Å²) in [4.78, 5) is 31.3. The van der Waals surface area contributed by atoms with Gasteiger partial charge in [0, 0.05) is 24.9 Å². The summed E-state index contributed by atoms with van der Waals surface area (Å²) in [6, 6.07) is -0.0482. The summed E-state index contributed by atoms with van der Waals surface area (Å²) in [6.45, 7) is 4.50. The van der Waals surface area contributed by atoms with Crippen LogP contribution >= 0.6 is 23.6 Å². The fourth-order valence-corrected chi connectivity index (χ4v) is 4.33. The number of likely N-dealkylation sites (N-methyl/N-ethyl adjacent to an activating group) is 1. The van der Waals surface area contributed by atoms with Crippen molar-refractivity contribution in [3.8, 4) is 0 Å². The quantitative estimate of drug-likeness (QED) is 0.821. The van der Waals surface area contributed by atoms with Crippen LogP contribution in [0.5, 0.6) is 0 Å². The summed E-state index contributed by atoms with van der Waals surface area (Å²) in [5.74, 6) is 0.123. The molecule has 0 aromatic carbocycles. The number of aryl methyl sites for hydroxylation is 2. The van der Waals surface area contributed by atoms with Crippen molar-refractivity contribution in [2.75, 3.05) is 13.6 Å². The van der Waals surface area contributed by atoms with E-state index in [1.54, 1.807) is 27.9 Å². The summed E-state index contributed by atoms with van der Waals surface area (Å²) in [6.07, 6.45) is 1.12. The Kier molecular flexibility index (Phi) is 3.49. The van der Waals surface area contributed by atoms with Crippen LogP contribution < -0.4 is 5.56 Å². The highest BCUT2D eigenvalue weighted by molar-refractivity contribution is 7.71. The van der Waals surface area contributed by atoms with Gasteiger partial charge in [0.2, 0.25) is 5.91 Å². The van der Waals surface area contributed by atoms with E-state index in [2.05, 4.69) is 4.98 Å². The molecule has 1 fully saturated rings. The first kappa shape index (κ1) is 14.5. The van der Waals surface area contributed by atoms with Gasteiger partial charge in [-0.25, -0.2) is 0 Å². The maximum Gasteiger partial charge on any atom is 0.263 e. The maximum atomic E-state index is 12.9. The Hall–Kier alpha value is -1.47. The molecule has 1 saturated heterocycles. The van der Waals surface area contributed by atoms with Crippen LogP contribution in [0.1, 0.15) is 29.3 Å². The van der Waals surface area contributed by atoms with Gasteiger partial charge in [-0.05, 0) is 38.0 Å². The summed E-state index contributed by atoms with van der Waals surface area (Å²) >= 11 is 6.94. The molecule has 1 aliphatic rings. The number of thiophene rings is 1. The van der Waals surface area contributed by atoms with E-state index in [1.807, 2.05) is 13.8 Å². The van der Waals surface area contributed by atoms with Crippen molar-refractivity contribution in [2.45, 2.75) is 32.7 Å². The Morgan fingerprint density at radius 2 is 2.05 bits per heavy atom. The number of nitrogens with one attached hydrogen (secondary N) is 1. The van der Waals surface area contributed by atoms with E-state index >= 15 is 0 Å². The molecule has 1 aliphatic heterocycles. The molecule has 0 aliphatic carbocycles. The molecule has 3 rings (SSSR count). The lowest BCUT2D eigenvalue weighted by molar-refractivity contribution is -0.132. The number of amides is 1. The second-order valence-corrected chi connectivity index (χ2v) is 7.17. The number of hydrogen-bond acceptors (Lipinski definition) is 4. The highest BCUT2D eigenvalue weighted by Crippen LogP contribution is 2.27. The Balaban J connectivity index is 2.19. The number of hydrogen-bond donors (Lipinski definition) is 1. The first-order valence-corrected chi connectivity index (χ1v) is 8.11. The van der Waals surface area contributed by atoms with Gasteiger partial charge in [-0.3, -0.25) is 14.2 Å². The summed E-state index contributed by atoms with van der Waals surface area (Å²) in [5.41, 5.74) is 0.976. The van der Waals surface area contributed by atoms with Crippen LogP contribution in [-0.4, -0.2) is 34.0 Å². The molecule has 1 unspecified atom stereocenters. The highest BCUT2D eigenvalue weighted by atomic mass is 32.1. The number of aromatic nitrogens is 2. The van der Waals surface area contributed by atoms with E-state index in [0.717, 1.165) is 20.7 Å². The monoisotopic (exact) mass is 323 g/mol. The molecule has 1 amide bonds. The molecule has 0 radical (unpaired) electrons. The number of aromatic amines is 1. The third-order valence-corrected chi connectivity index (χ3v) is 5.65. The molecule has 3 heterocycles. The second kappa shape index (κ2) is 5.06. The Morgan fingerprint density at radius 1 is 1.33 bits per heavy atom. The van der Waals surface area contributed by atoms with Gasteiger partial charge in [0.05, 0.1) is 11.4 Å². The second-order valence-electron chi connectivity index (χ2n) is 5.56. The lowest BCUT2D eigenvalue weighted by Gasteiger charge is -2.30. The molecule has 2 aromatic rings. The first-order valence-electron chi connectivity index (χ1n) is 6.88. The Morgan fingerprint density at radius 3 is 2.71 bits per heavy atom. The van der Waals surface area contributed by atoms with Crippen LogP contribution in [0.25, 0.3) is 10.2 Å². The predicted octanol–water partition coefficient (Wildman–Crippen LogP) is 2.53. The van der Waals surface area contributed by atoms with Gasteiger partial charge < -0.3 is 9.88 Å².